The van der Waals surface area contributed by atoms with Crippen LogP contribution in [0, 0.1) is 5.82 Å². The number of aliphatic hydroxyl groups is 1. The molecule has 2 N–H and O–H groups in total. The van der Waals surface area contributed by atoms with Crippen LogP contribution in [0.25, 0.3) is 11.3 Å². The molecule has 8 heteroatoms. The number of rotatable bonds is 4. The number of sulfonamides is 1. The van der Waals surface area contributed by atoms with Crippen LogP contribution in [0.3, 0.4) is 0 Å². The fraction of sp³-hybridized carbons (Fsp3) is 0.389. The summed E-state index contributed by atoms with van der Waals surface area (Å²) >= 11 is 5.69. The normalized spacial score (nSPS) is 23.8. The molecule has 1 fully saturated rings. The summed E-state index contributed by atoms with van der Waals surface area (Å²) in [7, 11) is -3.68. The lowest BCUT2D eigenvalue weighted by atomic mass is 9.84. The maximum absolute atomic E-state index is 13.9. The Bertz CT molecular complexity index is 891. The predicted octanol–water partition coefficient (Wildman–Crippen LogP) is 3.51. The number of hydrogen-bond donors (Lipinski definition) is 2. The van der Waals surface area contributed by atoms with E-state index in [1.54, 1.807) is 6.92 Å². The fourth-order valence-corrected chi connectivity index (χ4v) is 4.51. The van der Waals surface area contributed by atoms with Crippen LogP contribution < -0.4 is 4.72 Å². The molecule has 1 aliphatic rings. The zero-order chi connectivity index (χ0) is 18.9. The second-order valence-electron chi connectivity index (χ2n) is 6.90. The average molecular weight is 399 g/mol. The molecule has 5 nitrogen and oxygen atoms in total. The van der Waals surface area contributed by atoms with Crippen molar-refractivity contribution in [1.82, 2.24) is 9.71 Å². The molecule has 0 saturated heterocycles. The van der Waals surface area contributed by atoms with E-state index in [9.17, 15) is 17.9 Å². The molecule has 1 heterocycles. The molecule has 2 aromatic rings. The van der Waals surface area contributed by atoms with Crippen molar-refractivity contribution >= 4 is 21.6 Å². The maximum atomic E-state index is 13.9. The van der Waals surface area contributed by atoms with Gasteiger partial charge in [-0.05, 0) is 50.8 Å². The molecular formula is C18H20ClFN2O3S. The molecule has 0 aliphatic heterocycles. The van der Waals surface area contributed by atoms with Crippen molar-refractivity contribution in [3.8, 4) is 11.3 Å². The number of aromatic nitrogens is 1. The Balaban J connectivity index is 1.75. The summed E-state index contributed by atoms with van der Waals surface area (Å²) < 4.78 is 41.7. The van der Waals surface area contributed by atoms with Gasteiger partial charge < -0.3 is 5.11 Å². The first-order valence-corrected chi connectivity index (χ1v) is 10.2. The standard InChI is InChI=1S/C18H20ClFN2O3S/c1-18(23)8-6-14(7-9-18)22-26(24,25)15-4-2-12(3-5-15)17-16(20)10-13(19)11-21-17/h2-5,10-11,14,22-23H,6-9H2,1H3/t14-,18-. The zero-order valence-electron chi connectivity index (χ0n) is 14.2. The van der Waals surface area contributed by atoms with Gasteiger partial charge in [0.1, 0.15) is 5.69 Å². The van der Waals surface area contributed by atoms with Crippen molar-refractivity contribution in [2.24, 2.45) is 0 Å². The molecular weight excluding hydrogens is 379 g/mol. The smallest absolute Gasteiger partial charge is 0.240 e. The molecule has 1 aromatic carbocycles. The fourth-order valence-electron chi connectivity index (χ4n) is 3.06. The van der Waals surface area contributed by atoms with Gasteiger partial charge in [-0.25, -0.2) is 17.5 Å². The Morgan fingerprint density at radius 2 is 1.88 bits per heavy atom. The molecule has 0 atom stereocenters. The third-order valence-corrected chi connectivity index (χ3v) is 6.37. The maximum Gasteiger partial charge on any atom is 0.240 e. The molecule has 1 saturated carbocycles. The van der Waals surface area contributed by atoms with Crippen molar-refractivity contribution in [2.45, 2.75) is 49.1 Å². The lowest BCUT2D eigenvalue weighted by Gasteiger charge is -2.33. The van der Waals surface area contributed by atoms with Gasteiger partial charge in [0.05, 0.1) is 15.5 Å². The van der Waals surface area contributed by atoms with Crippen LogP contribution in [-0.4, -0.2) is 30.2 Å². The third kappa shape index (κ3) is 4.40. The Kier molecular flexibility index (Phi) is 5.35. The number of nitrogens with zero attached hydrogens (tertiary/aromatic N) is 1. The second kappa shape index (κ2) is 7.23. The van der Waals surface area contributed by atoms with Gasteiger partial charge in [0.15, 0.2) is 5.82 Å². The van der Waals surface area contributed by atoms with Crippen molar-refractivity contribution in [3.63, 3.8) is 0 Å². The van der Waals surface area contributed by atoms with E-state index in [4.69, 9.17) is 11.6 Å². The summed E-state index contributed by atoms with van der Waals surface area (Å²) in [4.78, 5) is 4.06. The van der Waals surface area contributed by atoms with Crippen LogP contribution in [-0.2, 0) is 10.0 Å². The van der Waals surface area contributed by atoms with Crippen molar-refractivity contribution in [3.05, 3.63) is 47.4 Å². The number of pyridine rings is 1. The van der Waals surface area contributed by atoms with Crippen LogP contribution >= 0.6 is 11.6 Å². The van der Waals surface area contributed by atoms with Crippen LogP contribution in [0.1, 0.15) is 32.6 Å². The van der Waals surface area contributed by atoms with Gasteiger partial charge in [-0.15, -0.1) is 0 Å². The van der Waals surface area contributed by atoms with E-state index in [1.165, 1.54) is 30.5 Å². The van der Waals surface area contributed by atoms with Gasteiger partial charge in [-0.1, -0.05) is 23.7 Å². The van der Waals surface area contributed by atoms with Gasteiger partial charge in [0.2, 0.25) is 10.0 Å². The third-order valence-electron chi connectivity index (χ3n) is 4.63. The molecule has 0 amide bonds. The van der Waals surface area contributed by atoms with E-state index in [0.29, 0.717) is 31.2 Å². The summed E-state index contributed by atoms with van der Waals surface area (Å²) in [5.41, 5.74) is -0.146. The van der Waals surface area contributed by atoms with Crippen LogP contribution in [0.2, 0.25) is 5.02 Å². The number of benzene rings is 1. The summed E-state index contributed by atoms with van der Waals surface area (Å²) in [5.74, 6) is -0.569. The Morgan fingerprint density at radius 3 is 2.46 bits per heavy atom. The van der Waals surface area contributed by atoms with Gasteiger partial charge >= 0.3 is 0 Å². The molecule has 0 spiro atoms. The minimum atomic E-state index is -3.68. The van der Waals surface area contributed by atoms with Crippen LogP contribution in [0.5, 0.6) is 0 Å². The molecule has 140 valence electrons. The Hall–Kier alpha value is -1.54. The second-order valence-corrected chi connectivity index (χ2v) is 9.05. The van der Waals surface area contributed by atoms with E-state index in [1.807, 2.05) is 0 Å². The quantitative estimate of drug-likeness (QED) is 0.825. The Morgan fingerprint density at radius 1 is 1.27 bits per heavy atom. The lowest BCUT2D eigenvalue weighted by molar-refractivity contribution is 0.0163. The predicted molar refractivity (Wildman–Crippen MR) is 97.8 cm³/mol. The van der Waals surface area contributed by atoms with E-state index >= 15 is 0 Å². The van der Waals surface area contributed by atoms with Crippen LogP contribution in [0.4, 0.5) is 4.39 Å². The first-order chi connectivity index (χ1) is 12.2. The highest BCUT2D eigenvalue weighted by atomic mass is 35.5. The topological polar surface area (TPSA) is 79.3 Å². The monoisotopic (exact) mass is 398 g/mol. The van der Waals surface area contributed by atoms with Crippen molar-refractivity contribution < 1.29 is 17.9 Å². The highest BCUT2D eigenvalue weighted by molar-refractivity contribution is 7.89. The molecule has 0 radical (unpaired) electrons. The van der Waals surface area contributed by atoms with Crippen LogP contribution in [0.15, 0.2) is 41.4 Å². The minimum absolute atomic E-state index is 0.105. The summed E-state index contributed by atoms with van der Waals surface area (Å²) in [6, 6.07) is 6.83. The minimum Gasteiger partial charge on any atom is -0.390 e. The highest BCUT2D eigenvalue weighted by Gasteiger charge is 2.31. The SMILES string of the molecule is C[C@]1(O)CC[C@H](NS(=O)(=O)c2ccc(-c3ncc(Cl)cc3F)cc2)CC1. The average Bonchev–Trinajstić information content (AvgIpc) is 2.57. The summed E-state index contributed by atoms with van der Waals surface area (Å²) in [5, 5.41) is 10.2. The molecule has 1 aliphatic carbocycles. The molecule has 26 heavy (non-hydrogen) atoms. The molecule has 0 unspecified atom stereocenters. The zero-order valence-corrected chi connectivity index (χ0v) is 15.8. The van der Waals surface area contributed by atoms with Gasteiger partial charge in [0, 0.05) is 17.8 Å². The van der Waals surface area contributed by atoms with Gasteiger partial charge in [0.25, 0.3) is 0 Å². The van der Waals surface area contributed by atoms with E-state index < -0.39 is 21.4 Å². The largest absolute Gasteiger partial charge is 0.390 e. The van der Waals surface area contributed by atoms with E-state index in [2.05, 4.69) is 9.71 Å². The van der Waals surface area contributed by atoms with Crippen molar-refractivity contribution in [2.75, 3.05) is 0 Å². The lowest BCUT2D eigenvalue weighted by Crippen LogP contribution is -2.42. The van der Waals surface area contributed by atoms with Gasteiger partial charge in [-0.2, -0.15) is 0 Å². The number of nitrogens with one attached hydrogen (secondary N) is 1. The summed E-state index contributed by atoms with van der Waals surface area (Å²) in [6.45, 7) is 1.76. The van der Waals surface area contributed by atoms with Crippen molar-refractivity contribution in [1.29, 1.82) is 0 Å². The van der Waals surface area contributed by atoms with E-state index in [0.717, 1.165) is 6.07 Å². The highest BCUT2D eigenvalue weighted by Crippen LogP contribution is 2.29. The molecule has 3 rings (SSSR count). The van der Waals surface area contributed by atoms with E-state index in [-0.39, 0.29) is 21.7 Å². The molecule has 1 aromatic heterocycles. The first kappa shape index (κ1) is 19.2. The summed E-state index contributed by atoms with van der Waals surface area (Å²) in [6.07, 6.45) is 3.62. The molecule has 0 bridgehead atoms. The first-order valence-electron chi connectivity index (χ1n) is 8.32. The Labute approximate surface area is 157 Å². The number of halogens is 2. The van der Waals surface area contributed by atoms with Gasteiger partial charge in [-0.3, -0.25) is 4.98 Å². The number of hydrogen-bond acceptors (Lipinski definition) is 4.